The molecule has 1 aliphatic rings. The van der Waals surface area contributed by atoms with Gasteiger partial charge in [0.2, 0.25) is 0 Å². The van der Waals surface area contributed by atoms with Gasteiger partial charge >= 0.3 is 0 Å². The zero-order chi connectivity index (χ0) is 14.4. The number of hydrogen-bond acceptors (Lipinski definition) is 3. The van der Waals surface area contributed by atoms with Crippen LogP contribution in [0.2, 0.25) is 5.02 Å². The van der Waals surface area contributed by atoms with Crippen molar-refractivity contribution in [3.05, 3.63) is 22.7 Å². The third kappa shape index (κ3) is 3.80. The first-order valence-electron chi connectivity index (χ1n) is 7.58. The van der Waals surface area contributed by atoms with Crippen molar-refractivity contribution >= 4 is 11.6 Å². The number of halogens is 1. The van der Waals surface area contributed by atoms with Crippen LogP contribution in [0.3, 0.4) is 0 Å². The van der Waals surface area contributed by atoms with E-state index in [0.717, 1.165) is 54.3 Å². The smallest absolute Gasteiger partial charge is 0.162 e. The van der Waals surface area contributed by atoms with Gasteiger partial charge in [0.05, 0.1) is 13.2 Å². The van der Waals surface area contributed by atoms with Gasteiger partial charge in [0.1, 0.15) is 0 Å². The molecule has 3 nitrogen and oxygen atoms in total. The van der Waals surface area contributed by atoms with E-state index in [1.54, 1.807) is 0 Å². The van der Waals surface area contributed by atoms with Crippen molar-refractivity contribution in [2.75, 3.05) is 19.8 Å². The van der Waals surface area contributed by atoms with Crippen molar-refractivity contribution in [2.24, 2.45) is 0 Å². The summed E-state index contributed by atoms with van der Waals surface area (Å²) in [6.07, 6.45) is 4.21. The highest BCUT2D eigenvalue weighted by Crippen LogP contribution is 2.38. The van der Waals surface area contributed by atoms with Crippen LogP contribution in [0.15, 0.2) is 12.1 Å². The van der Waals surface area contributed by atoms with Crippen molar-refractivity contribution in [1.82, 2.24) is 5.32 Å². The van der Waals surface area contributed by atoms with Crippen LogP contribution in [0.4, 0.5) is 0 Å². The first kappa shape index (κ1) is 15.5. The molecule has 0 saturated carbocycles. The Morgan fingerprint density at radius 1 is 1.15 bits per heavy atom. The molecule has 0 amide bonds. The predicted octanol–water partition coefficient (Wildman–Crippen LogP) is 4.34. The van der Waals surface area contributed by atoms with Gasteiger partial charge in [-0.3, -0.25) is 0 Å². The second-order valence-corrected chi connectivity index (χ2v) is 5.57. The summed E-state index contributed by atoms with van der Waals surface area (Å²) in [5.41, 5.74) is 1.12. The fourth-order valence-corrected chi connectivity index (χ4v) is 2.73. The first-order chi connectivity index (χ1) is 9.76. The van der Waals surface area contributed by atoms with E-state index in [2.05, 4.69) is 19.2 Å². The Labute approximate surface area is 126 Å². The maximum atomic E-state index is 6.45. The molecule has 1 aliphatic heterocycles. The van der Waals surface area contributed by atoms with Crippen molar-refractivity contribution in [1.29, 1.82) is 0 Å². The summed E-state index contributed by atoms with van der Waals surface area (Å²) in [4.78, 5) is 0. The van der Waals surface area contributed by atoms with Crippen molar-refractivity contribution < 1.29 is 9.47 Å². The molecule has 1 aromatic rings. The number of hydrogen-bond donors (Lipinski definition) is 1. The highest BCUT2D eigenvalue weighted by atomic mass is 35.5. The van der Waals surface area contributed by atoms with Crippen LogP contribution in [0.5, 0.6) is 11.5 Å². The van der Waals surface area contributed by atoms with Crippen LogP contribution >= 0.6 is 11.6 Å². The fourth-order valence-electron chi connectivity index (χ4n) is 2.44. The first-order valence-corrected chi connectivity index (χ1v) is 7.96. The van der Waals surface area contributed by atoms with E-state index in [-0.39, 0.29) is 6.04 Å². The van der Waals surface area contributed by atoms with Crippen LogP contribution in [0, 0.1) is 0 Å². The average Bonchev–Trinajstić information content (AvgIpc) is 2.67. The Kier molecular flexibility index (Phi) is 5.99. The summed E-state index contributed by atoms with van der Waals surface area (Å²) in [5, 5.41) is 4.33. The van der Waals surface area contributed by atoms with E-state index in [1.807, 2.05) is 12.1 Å². The minimum Gasteiger partial charge on any atom is -0.490 e. The van der Waals surface area contributed by atoms with E-state index in [4.69, 9.17) is 21.1 Å². The molecule has 0 fully saturated rings. The van der Waals surface area contributed by atoms with Gasteiger partial charge < -0.3 is 14.8 Å². The topological polar surface area (TPSA) is 30.5 Å². The molecular formula is C16H24ClNO2. The van der Waals surface area contributed by atoms with Crippen molar-refractivity contribution in [3.8, 4) is 11.5 Å². The third-order valence-corrected chi connectivity index (χ3v) is 3.79. The largest absolute Gasteiger partial charge is 0.490 e. The van der Waals surface area contributed by atoms with Gasteiger partial charge in [-0.2, -0.15) is 0 Å². The molecule has 1 unspecified atom stereocenters. The van der Waals surface area contributed by atoms with Crippen LogP contribution in [0.1, 0.15) is 51.1 Å². The summed E-state index contributed by atoms with van der Waals surface area (Å²) in [6.45, 7) is 6.75. The molecule has 0 aromatic heterocycles. The highest BCUT2D eigenvalue weighted by Gasteiger charge is 2.19. The van der Waals surface area contributed by atoms with Gasteiger partial charge in [-0.1, -0.05) is 31.9 Å². The number of benzene rings is 1. The second-order valence-electron chi connectivity index (χ2n) is 5.17. The second kappa shape index (κ2) is 7.75. The lowest BCUT2D eigenvalue weighted by atomic mass is 10.0. The van der Waals surface area contributed by atoms with Gasteiger partial charge in [-0.05, 0) is 31.0 Å². The molecule has 0 aliphatic carbocycles. The Morgan fingerprint density at radius 2 is 1.85 bits per heavy atom. The summed E-state index contributed by atoms with van der Waals surface area (Å²) >= 11 is 6.45. The SMILES string of the molecule is CCCNC(CCC)c1cc2c(cc1Cl)OCCCO2. The minimum atomic E-state index is 0.282. The summed E-state index contributed by atoms with van der Waals surface area (Å²) in [6, 6.07) is 4.23. The quantitative estimate of drug-likeness (QED) is 0.847. The lowest BCUT2D eigenvalue weighted by Crippen LogP contribution is -2.22. The molecular weight excluding hydrogens is 274 g/mol. The molecule has 0 radical (unpaired) electrons. The predicted molar refractivity (Wildman–Crippen MR) is 83.0 cm³/mol. The highest BCUT2D eigenvalue weighted by molar-refractivity contribution is 6.31. The van der Waals surface area contributed by atoms with Crippen LogP contribution < -0.4 is 14.8 Å². The molecule has 4 heteroatoms. The number of nitrogens with one attached hydrogen (secondary N) is 1. The average molecular weight is 298 g/mol. The standard InChI is InChI=1S/C16H24ClNO2/c1-3-6-14(18-7-4-2)12-10-15-16(11-13(12)17)20-9-5-8-19-15/h10-11,14,18H,3-9H2,1-2H3. The lowest BCUT2D eigenvalue weighted by Gasteiger charge is -2.21. The molecule has 0 bridgehead atoms. The van der Waals surface area contributed by atoms with Crippen LogP contribution in [-0.2, 0) is 0 Å². The van der Waals surface area contributed by atoms with Crippen LogP contribution in [-0.4, -0.2) is 19.8 Å². The van der Waals surface area contributed by atoms with Crippen LogP contribution in [0.25, 0.3) is 0 Å². The molecule has 20 heavy (non-hydrogen) atoms. The number of rotatable bonds is 6. The maximum Gasteiger partial charge on any atom is 0.162 e. The van der Waals surface area contributed by atoms with E-state index < -0.39 is 0 Å². The van der Waals surface area contributed by atoms with Gasteiger partial charge in [0, 0.05) is 23.6 Å². The normalized spacial score (nSPS) is 15.8. The van der Waals surface area contributed by atoms with E-state index in [0.29, 0.717) is 13.2 Å². The van der Waals surface area contributed by atoms with Crippen molar-refractivity contribution in [2.45, 2.75) is 45.6 Å². The van der Waals surface area contributed by atoms with E-state index in [1.165, 1.54) is 0 Å². The molecule has 1 aromatic carbocycles. The molecule has 0 spiro atoms. The monoisotopic (exact) mass is 297 g/mol. The van der Waals surface area contributed by atoms with Gasteiger partial charge in [-0.25, -0.2) is 0 Å². The lowest BCUT2D eigenvalue weighted by molar-refractivity contribution is 0.297. The Balaban J connectivity index is 2.26. The van der Waals surface area contributed by atoms with E-state index in [9.17, 15) is 0 Å². The zero-order valence-corrected chi connectivity index (χ0v) is 13.1. The van der Waals surface area contributed by atoms with Gasteiger partial charge in [0.15, 0.2) is 11.5 Å². The molecule has 1 heterocycles. The van der Waals surface area contributed by atoms with Crippen molar-refractivity contribution in [3.63, 3.8) is 0 Å². The summed E-state index contributed by atoms with van der Waals surface area (Å²) in [7, 11) is 0. The Bertz CT molecular complexity index is 437. The van der Waals surface area contributed by atoms with Gasteiger partial charge in [0.25, 0.3) is 0 Å². The van der Waals surface area contributed by atoms with Gasteiger partial charge in [-0.15, -0.1) is 0 Å². The molecule has 1 atom stereocenters. The molecule has 112 valence electrons. The molecule has 1 N–H and O–H groups in total. The third-order valence-electron chi connectivity index (χ3n) is 3.46. The maximum absolute atomic E-state index is 6.45. The number of fused-ring (bicyclic) bond motifs is 1. The Morgan fingerprint density at radius 3 is 2.50 bits per heavy atom. The summed E-state index contributed by atoms with van der Waals surface area (Å²) in [5.74, 6) is 1.59. The molecule has 0 saturated heterocycles. The fraction of sp³-hybridized carbons (Fsp3) is 0.625. The zero-order valence-electron chi connectivity index (χ0n) is 12.4. The van der Waals surface area contributed by atoms with E-state index >= 15 is 0 Å². The summed E-state index contributed by atoms with van der Waals surface area (Å²) < 4.78 is 11.4. The minimum absolute atomic E-state index is 0.282. The molecule has 2 rings (SSSR count). The number of ether oxygens (including phenoxy) is 2. The Hall–Kier alpha value is -0.930.